The smallest absolute Gasteiger partial charge is 0.0113 e. The minimum absolute atomic E-state index is 0.454. The molecule has 0 aromatic heterocycles. The first-order chi connectivity index (χ1) is 9.79. The molecule has 0 amide bonds. The molecule has 1 aromatic rings. The summed E-state index contributed by atoms with van der Waals surface area (Å²) in [5.74, 6) is 2.98. The van der Waals surface area contributed by atoms with Crippen LogP contribution in [0.15, 0.2) is 36.4 Å². The third-order valence-corrected chi connectivity index (χ3v) is 6.02. The molecule has 0 aliphatic heterocycles. The lowest BCUT2D eigenvalue weighted by Gasteiger charge is -2.58. The Morgan fingerprint density at radius 2 is 1.55 bits per heavy atom. The SMILES string of the molecule is NC/C=C(/c1ccccc1)C12CC3CC(CC(C3)C1)C2. The fourth-order valence-corrected chi connectivity index (χ4v) is 5.82. The number of allylic oxidation sites excluding steroid dienone is 1. The van der Waals surface area contributed by atoms with Gasteiger partial charge >= 0.3 is 0 Å². The molecule has 4 bridgehead atoms. The number of rotatable bonds is 3. The second-order valence-electron chi connectivity index (χ2n) is 7.42. The fraction of sp³-hybridized carbons (Fsp3) is 0.579. The molecule has 0 heterocycles. The Bertz CT molecular complexity index is 479. The quantitative estimate of drug-likeness (QED) is 0.870. The van der Waals surface area contributed by atoms with Gasteiger partial charge in [0.05, 0.1) is 0 Å². The average Bonchev–Trinajstić information content (AvgIpc) is 2.44. The van der Waals surface area contributed by atoms with Gasteiger partial charge in [-0.3, -0.25) is 0 Å². The van der Waals surface area contributed by atoms with Crippen LogP contribution < -0.4 is 5.73 Å². The van der Waals surface area contributed by atoms with Crippen LogP contribution >= 0.6 is 0 Å². The molecule has 4 fully saturated rings. The first kappa shape index (κ1) is 12.6. The van der Waals surface area contributed by atoms with E-state index >= 15 is 0 Å². The van der Waals surface area contributed by atoms with Gasteiger partial charge in [0.15, 0.2) is 0 Å². The first-order valence-electron chi connectivity index (χ1n) is 8.25. The van der Waals surface area contributed by atoms with Crippen molar-refractivity contribution in [3.8, 4) is 0 Å². The Morgan fingerprint density at radius 3 is 2.05 bits per heavy atom. The van der Waals surface area contributed by atoms with Crippen LogP contribution in [0.2, 0.25) is 0 Å². The maximum absolute atomic E-state index is 5.91. The van der Waals surface area contributed by atoms with Gasteiger partial charge in [-0.1, -0.05) is 36.4 Å². The van der Waals surface area contributed by atoms with Gasteiger partial charge in [-0.15, -0.1) is 0 Å². The lowest BCUT2D eigenvalue weighted by atomic mass is 9.47. The number of hydrogen-bond acceptors (Lipinski definition) is 1. The number of benzene rings is 1. The van der Waals surface area contributed by atoms with Gasteiger partial charge < -0.3 is 5.73 Å². The normalized spacial score (nSPS) is 39.2. The van der Waals surface area contributed by atoms with Crippen molar-refractivity contribution in [2.45, 2.75) is 38.5 Å². The van der Waals surface area contributed by atoms with Crippen molar-refractivity contribution in [1.29, 1.82) is 0 Å². The summed E-state index contributed by atoms with van der Waals surface area (Å²) in [7, 11) is 0. The first-order valence-corrected chi connectivity index (χ1v) is 8.25. The lowest BCUT2D eigenvalue weighted by Crippen LogP contribution is -2.46. The highest BCUT2D eigenvalue weighted by atomic mass is 14.6. The van der Waals surface area contributed by atoms with Crippen LogP contribution in [-0.4, -0.2) is 6.54 Å². The molecule has 0 radical (unpaired) electrons. The fourth-order valence-electron chi connectivity index (χ4n) is 5.82. The Morgan fingerprint density at radius 1 is 1.00 bits per heavy atom. The van der Waals surface area contributed by atoms with Crippen molar-refractivity contribution in [2.24, 2.45) is 28.9 Å². The van der Waals surface area contributed by atoms with E-state index in [2.05, 4.69) is 36.4 Å². The Kier molecular flexibility index (Phi) is 2.99. The zero-order chi connectivity index (χ0) is 13.6. The summed E-state index contributed by atoms with van der Waals surface area (Å²) in [6.07, 6.45) is 11.1. The molecule has 2 N–H and O–H groups in total. The second kappa shape index (κ2) is 4.73. The average molecular weight is 267 g/mol. The van der Waals surface area contributed by atoms with Crippen LogP contribution in [0.5, 0.6) is 0 Å². The van der Waals surface area contributed by atoms with E-state index in [0.29, 0.717) is 12.0 Å². The van der Waals surface area contributed by atoms with Gasteiger partial charge in [0.2, 0.25) is 0 Å². The summed E-state index contributed by atoms with van der Waals surface area (Å²) in [5, 5.41) is 0. The third-order valence-electron chi connectivity index (χ3n) is 6.02. The molecular weight excluding hydrogens is 242 g/mol. The predicted octanol–water partition coefficient (Wildman–Crippen LogP) is 4.25. The van der Waals surface area contributed by atoms with Gasteiger partial charge in [0.1, 0.15) is 0 Å². The van der Waals surface area contributed by atoms with E-state index in [1.807, 2.05) is 0 Å². The maximum Gasteiger partial charge on any atom is 0.0113 e. The molecular formula is C19H25N. The summed E-state index contributed by atoms with van der Waals surface area (Å²) < 4.78 is 0. The zero-order valence-corrected chi connectivity index (χ0v) is 12.2. The van der Waals surface area contributed by atoms with Crippen LogP contribution in [0.1, 0.15) is 44.1 Å². The third kappa shape index (κ3) is 1.95. The van der Waals surface area contributed by atoms with Gasteiger partial charge in [-0.25, -0.2) is 0 Å². The highest BCUT2D eigenvalue weighted by Gasteiger charge is 2.52. The van der Waals surface area contributed by atoms with E-state index < -0.39 is 0 Å². The molecule has 1 heteroatoms. The largest absolute Gasteiger partial charge is 0.327 e. The minimum atomic E-state index is 0.454. The van der Waals surface area contributed by atoms with Crippen LogP contribution in [0.3, 0.4) is 0 Å². The monoisotopic (exact) mass is 267 g/mol. The predicted molar refractivity (Wildman–Crippen MR) is 84.1 cm³/mol. The lowest BCUT2D eigenvalue weighted by molar-refractivity contribution is -0.0178. The van der Waals surface area contributed by atoms with Crippen molar-refractivity contribution in [3.05, 3.63) is 42.0 Å². The molecule has 1 aromatic carbocycles. The molecule has 1 nitrogen and oxygen atoms in total. The van der Waals surface area contributed by atoms with E-state index in [9.17, 15) is 0 Å². The minimum Gasteiger partial charge on any atom is -0.327 e. The standard InChI is InChI=1S/C19H25N/c20-7-6-18(17-4-2-1-3-5-17)19-11-14-8-15(12-19)10-16(9-14)13-19/h1-6,14-16H,7-13,20H2/b18-6-. The van der Waals surface area contributed by atoms with Crippen LogP contribution in [0.4, 0.5) is 0 Å². The van der Waals surface area contributed by atoms with Gasteiger partial charge in [0, 0.05) is 6.54 Å². The molecule has 5 rings (SSSR count). The van der Waals surface area contributed by atoms with Crippen molar-refractivity contribution in [1.82, 2.24) is 0 Å². The maximum atomic E-state index is 5.91. The highest BCUT2D eigenvalue weighted by Crippen LogP contribution is 2.64. The zero-order valence-electron chi connectivity index (χ0n) is 12.2. The Hall–Kier alpha value is -1.08. The summed E-state index contributed by atoms with van der Waals surface area (Å²) in [4.78, 5) is 0. The van der Waals surface area contributed by atoms with E-state index in [1.54, 1.807) is 5.57 Å². The van der Waals surface area contributed by atoms with E-state index in [1.165, 1.54) is 44.1 Å². The summed E-state index contributed by atoms with van der Waals surface area (Å²) >= 11 is 0. The molecule has 106 valence electrons. The van der Waals surface area contributed by atoms with Gasteiger partial charge in [-0.05, 0) is 72.8 Å². The molecule has 20 heavy (non-hydrogen) atoms. The van der Waals surface area contributed by atoms with E-state index in [0.717, 1.165) is 17.8 Å². The molecule has 0 atom stereocenters. The topological polar surface area (TPSA) is 26.0 Å². The molecule has 0 unspecified atom stereocenters. The second-order valence-corrected chi connectivity index (χ2v) is 7.42. The van der Waals surface area contributed by atoms with E-state index in [4.69, 9.17) is 5.73 Å². The van der Waals surface area contributed by atoms with Crippen molar-refractivity contribution in [2.75, 3.05) is 6.54 Å². The van der Waals surface area contributed by atoms with E-state index in [-0.39, 0.29) is 0 Å². The number of nitrogens with two attached hydrogens (primary N) is 1. The Labute approximate surface area is 122 Å². The molecule has 4 aliphatic carbocycles. The van der Waals surface area contributed by atoms with Crippen molar-refractivity contribution >= 4 is 5.57 Å². The number of hydrogen-bond donors (Lipinski definition) is 1. The Balaban J connectivity index is 1.75. The van der Waals surface area contributed by atoms with Crippen LogP contribution in [-0.2, 0) is 0 Å². The molecule has 0 saturated heterocycles. The molecule has 4 aliphatic rings. The summed E-state index contributed by atoms with van der Waals surface area (Å²) in [6, 6.07) is 11.0. The van der Waals surface area contributed by atoms with Crippen molar-refractivity contribution in [3.63, 3.8) is 0 Å². The summed E-state index contributed by atoms with van der Waals surface area (Å²) in [5.41, 5.74) is 9.35. The van der Waals surface area contributed by atoms with Gasteiger partial charge in [-0.2, -0.15) is 0 Å². The van der Waals surface area contributed by atoms with Crippen LogP contribution in [0.25, 0.3) is 5.57 Å². The molecule has 0 spiro atoms. The highest BCUT2D eigenvalue weighted by molar-refractivity contribution is 5.71. The van der Waals surface area contributed by atoms with Crippen molar-refractivity contribution < 1.29 is 0 Å². The van der Waals surface area contributed by atoms with Crippen LogP contribution in [0, 0.1) is 23.2 Å². The van der Waals surface area contributed by atoms with Gasteiger partial charge in [0.25, 0.3) is 0 Å². The molecule has 4 saturated carbocycles. The summed E-state index contributed by atoms with van der Waals surface area (Å²) in [6.45, 7) is 0.673.